The summed E-state index contributed by atoms with van der Waals surface area (Å²) in [5, 5.41) is 12.3. The summed E-state index contributed by atoms with van der Waals surface area (Å²) in [6, 6.07) is -0.474. The van der Waals surface area contributed by atoms with Crippen molar-refractivity contribution >= 4 is 5.91 Å². The van der Waals surface area contributed by atoms with Crippen molar-refractivity contribution in [2.75, 3.05) is 6.54 Å². The van der Waals surface area contributed by atoms with Crippen LogP contribution in [-0.4, -0.2) is 29.2 Å². The Labute approximate surface area is 92.2 Å². The Morgan fingerprint density at radius 1 is 1.53 bits per heavy atom. The lowest BCUT2D eigenvalue weighted by Crippen LogP contribution is -2.47. The van der Waals surface area contributed by atoms with Crippen molar-refractivity contribution in [2.24, 2.45) is 11.7 Å². The van der Waals surface area contributed by atoms with Gasteiger partial charge in [-0.25, -0.2) is 0 Å². The fourth-order valence-corrected chi connectivity index (χ4v) is 1.15. The van der Waals surface area contributed by atoms with Crippen molar-refractivity contribution in [3.63, 3.8) is 0 Å². The number of hydrogen-bond acceptors (Lipinski definition) is 3. The third-order valence-corrected chi connectivity index (χ3v) is 2.47. The van der Waals surface area contributed by atoms with Crippen LogP contribution in [0.2, 0.25) is 0 Å². The third-order valence-electron chi connectivity index (χ3n) is 2.47. The molecule has 0 aromatic rings. The van der Waals surface area contributed by atoms with E-state index in [-0.39, 0.29) is 12.5 Å². The van der Waals surface area contributed by atoms with Gasteiger partial charge in [0.1, 0.15) is 0 Å². The van der Waals surface area contributed by atoms with Gasteiger partial charge in [-0.2, -0.15) is 0 Å². The molecular weight excluding hydrogens is 192 g/mol. The number of aliphatic hydroxyl groups is 1. The first-order valence-corrected chi connectivity index (χ1v) is 5.54. The summed E-state index contributed by atoms with van der Waals surface area (Å²) < 4.78 is 0. The highest BCUT2D eigenvalue weighted by Gasteiger charge is 2.21. The molecule has 2 atom stereocenters. The molecule has 0 fully saturated rings. The zero-order valence-corrected chi connectivity index (χ0v) is 10.2. The molecule has 0 aliphatic rings. The Morgan fingerprint density at radius 2 is 2.07 bits per heavy atom. The van der Waals surface area contributed by atoms with E-state index in [0.29, 0.717) is 18.8 Å². The van der Waals surface area contributed by atoms with E-state index < -0.39 is 11.6 Å². The van der Waals surface area contributed by atoms with Crippen molar-refractivity contribution in [2.45, 2.75) is 52.2 Å². The molecule has 0 aromatic carbocycles. The molecule has 0 heterocycles. The molecule has 0 rings (SSSR count). The quantitative estimate of drug-likeness (QED) is 0.610. The second-order valence-corrected chi connectivity index (χ2v) is 4.80. The Bertz CT molecular complexity index is 203. The molecule has 0 aromatic heterocycles. The van der Waals surface area contributed by atoms with Crippen LogP contribution >= 0.6 is 0 Å². The SMILES string of the molecule is CCC(C)(O)CNC(=O)C(N)CC(C)C. The van der Waals surface area contributed by atoms with E-state index in [2.05, 4.69) is 5.32 Å². The van der Waals surface area contributed by atoms with E-state index in [1.807, 2.05) is 20.8 Å². The molecule has 4 heteroatoms. The fraction of sp³-hybridized carbons (Fsp3) is 0.909. The van der Waals surface area contributed by atoms with Crippen LogP contribution in [0.15, 0.2) is 0 Å². The summed E-state index contributed by atoms with van der Waals surface area (Å²) in [6.45, 7) is 7.88. The topological polar surface area (TPSA) is 75.3 Å². The predicted octanol–water partition coefficient (Wildman–Crippen LogP) is 0.637. The first kappa shape index (κ1) is 14.4. The number of hydrogen-bond donors (Lipinski definition) is 3. The smallest absolute Gasteiger partial charge is 0.237 e. The van der Waals surface area contributed by atoms with Crippen LogP contribution in [-0.2, 0) is 4.79 Å². The summed E-state index contributed by atoms with van der Waals surface area (Å²) in [5.41, 5.74) is 4.86. The summed E-state index contributed by atoms with van der Waals surface area (Å²) in [6.07, 6.45) is 1.27. The average molecular weight is 216 g/mol. The highest BCUT2D eigenvalue weighted by atomic mass is 16.3. The average Bonchev–Trinajstić information content (AvgIpc) is 2.13. The molecule has 0 saturated carbocycles. The summed E-state index contributed by atoms with van der Waals surface area (Å²) >= 11 is 0. The lowest BCUT2D eigenvalue weighted by atomic mass is 10.0. The van der Waals surface area contributed by atoms with Crippen LogP contribution in [0.25, 0.3) is 0 Å². The maximum atomic E-state index is 11.5. The Kier molecular flexibility index (Phi) is 5.83. The van der Waals surface area contributed by atoms with Crippen molar-refractivity contribution in [3.05, 3.63) is 0 Å². The Hall–Kier alpha value is -0.610. The molecule has 0 saturated heterocycles. The minimum absolute atomic E-state index is 0.183. The van der Waals surface area contributed by atoms with Gasteiger partial charge in [0.25, 0.3) is 0 Å². The second kappa shape index (κ2) is 6.08. The number of carbonyl (C=O) groups is 1. The maximum absolute atomic E-state index is 11.5. The van der Waals surface area contributed by atoms with Crippen molar-refractivity contribution < 1.29 is 9.90 Å². The van der Waals surface area contributed by atoms with Gasteiger partial charge in [0.05, 0.1) is 11.6 Å². The summed E-state index contributed by atoms with van der Waals surface area (Å²) in [4.78, 5) is 11.5. The molecule has 4 nitrogen and oxygen atoms in total. The predicted molar refractivity (Wildman–Crippen MR) is 61.4 cm³/mol. The van der Waals surface area contributed by atoms with Crippen molar-refractivity contribution in [1.82, 2.24) is 5.32 Å². The standard InChI is InChI=1S/C11H24N2O2/c1-5-11(4,15)7-13-10(14)9(12)6-8(2)3/h8-9,15H,5-7,12H2,1-4H3,(H,13,14). The molecule has 15 heavy (non-hydrogen) atoms. The molecule has 0 spiro atoms. The van der Waals surface area contributed by atoms with Gasteiger partial charge in [-0.05, 0) is 25.7 Å². The lowest BCUT2D eigenvalue weighted by Gasteiger charge is -2.23. The molecule has 1 amide bonds. The van der Waals surface area contributed by atoms with E-state index in [9.17, 15) is 9.90 Å². The molecule has 4 N–H and O–H groups in total. The summed E-state index contributed by atoms with van der Waals surface area (Å²) in [7, 11) is 0. The largest absolute Gasteiger partial charge is 0.388 e. The number of nitrogens with two attached hydrogens (primary N) is 1. The number of carbonyl (C=O) groups excluding carboxylic acids is 1. The lowest BCUT2D eigenvalue weighted by molar-refractivity contribution is -0.123. The van der Waals surface area contributed by atoms with Gasteiger partial charge in [0, 0.05) is 6.54 Å². The maximum Gasteiger partial charge on any atom is 0.237 e. The third kappa shape index (κ3) is 6.47. The molecule has 2 unspecified atom stereocenters. The fourth-order valence-electron chi connectivity index (χ4n) is 1.15. The normalized spacial score (nSPS) is 17.3. The number of rotatable bonds is 6. The van der Waals surface area contributed by atoms with E-state index >= 15 is 0 Å². The van der Waals surface area contributed by atoms with Gasteiger partial charge in [-0.3, -0.25) is 4.79 Å². The minimum atomic E-state index is -0.840. The van der Waals surface area contributed by atoms with Gasteiger partial charge >= 0.3 is 0 Å². The van der Waals surface area contributed by atoms with E-state index in [0.717, 1.165) is 0 Å². The second-order valence-electron chi connectivity index (χ2n) is 4.80. The Balaban J connectivity index is 3.93. The van der Waals surface area contributed by atoms with E-state index in [1.54, 1.807) is 6.92 Å². The van der Waals surface area contributed by atoms with Crippen LogP contribution < -0.4 is 11.1 Å². The Morgan fingerprint density at radius 3 is 2.47 bits per heavy atom. The van der Waals surface area contributed by atoms with Crippen LogP contribution in [0.1, 0.15) is 40.5 Å². The zero-order valence-electron chi connectivity index (χ0n) is 10.2. The number of amides is 1. The van der Waals surface area contributed by atoms with Gasteiger partial charge < -0.3 is 16.2 Å². The molecule has 90 valence electrons. The monoisotopic (exact) mass is 216 g/mol. The van der Waals surface area contributed by atoms with Crippen LogP contribution in [0.3, 0.4) is 0 Å². The minimum Gasteiger partial charge on any atom is -0.388 e. The van der Waals surface area contributed by atoms with Gasteiger partial charge in [-0.1, -0.05) is 20.8 Å². The van der Waals surface area contributed by atoms with E-state index in [1.165, 1.54) is 0 Å². The highest BCUT2D eigenvalue weighted by Crippen LogP contribution is 2.07. The zero-order chi connectivity index (χ0) is 12.1. The van der Waals surface area contributed by atoms with Crippen LogP contribution in [0.4, 0.5) is 0 Å². The highest BCUT2D eigenvalue weighted by molar-refractivity contribution is 5.81. The van der Waals surface area contributed by atoms with Crippen molar-refractivity contribution in [1.29, 1.82) is 0 Å². The molecule has 0 bridgehead atoms. The number of nitrogens with one attached hydrogen (secondary N) is 1. The molecule has 0 radical (unpaired) electrons. The van der Waals surface area contributed by atoms with Crippen LogP contribution in [0, 0.1) is 5.92 Å². The first-order valence-electron chi connectivity index (χ1n) is 5.54. The molecule has 0 aliphatic carbocycles. The van der Waals surface area contributed by atoms with Gasteiger partial charge in [0.15, 0.2) is 0 Å². The molecular formula is C11H24N2O2. The van der Waals surface area contributed by atoms with Crippen LogP contribution in [0.5, 0.6) is 0 Å². The van der Waals surface area contributed by atoms with Crippen molar-refractivity contribution in [3.8, 4) is 0 Å². The van der Waals surface area contributed by atoms with Gasteiger partial charge in [0.2, 0.25) is 5.91 Å². The van der Waals surface area contributed by atoms with E-state index in [4.69, 9.17) is 5.73 Å². The molecule has 0 aliphatic heterocycles. The first-order chi connectivity index (χ1) is 6.78. The summed E-state index contributed by atoms with van der Waals surface area (Å²) in [5.74, 6) is 0.217. The van der Waals surface area contributed by atoms with Gasteiger partial charge in [-0.15, -0.1) is 0 Å².